The second kappa shape index (κ2) is 10.9. The van der Waals surface area contributed by atoms with Gasteiger partial charge in [-0.15, -0.1) is 0 Å². The molecule has 0 radical (unpaired) electrons. The number of phenols is 1. The number of dihydropyridines is 1. The molecule has 2 aliphatic rings. The molecule has 8 heteroatoms. The summed E-state index contributed by atoms with van der Waals surface area (Å²) in [6.07, 6.45) is 0.546. The van der Waals surface area contributed by atoms with Crippen LogP contribution in [0, 0.1) is 0 Å². The number of rotatable bonds is 7. The van der Waals surface area contributed by atoms with Crippen LogP contribution in [0.4, 0.5) is 0 Å². The van der Waals surface area contributed by atoms with Gasteiger partial charge in [-0.25, -0.2) is 4.79 Å². The first kappa shape index (κ1) is 26.6. The molecular weight excluding hydrogens is 494 g/mol. The number of ether oxygens (including phenoxy) is 3. The van der Waals surface area contributed by atoms with Crippen molar-refractivity contribution in [2.24, 2.45) is 0 Å². The van der Waals surface area contributed by atoms with Gasteiger partial charge in [0, 0.05) is 29.3 Å². The summed E-state index contributed by atoms with van der Waals surface area (Å²) in [4.78, 5) is 27.1. The average Bonchev–Trinajstić information content (AvgIpc) is 2.85. The van der Waals surface area contributed by atoms with Gasteiger partial charge in [-0.05, 0) is 75.4 Å². The molecule has 0 fully saturated rings. The van der Waals surface area contributed by atoms with Crippen molar-refractivity contribution in [3.8, 4) is 17.2 Å². The van der Waals surface area contributed by atoms with Gasteiger partial charge in [0.15, 0.2) is 17.3 Å². The minimum atomic E-state index is -0.718. The van der Waals surface area contributed by atoms with E-state index in [0.717, 1.165) is 17.0 Å². The van der Waals surface area contributed by atoms with Crippen LogP contribution in [0.15, 0.2) is 58.9 Å². The lowest BCUT2D eigenvalue weighted by molar-refractivity contribution is -0.143. The lowest BCUT2D eigenvalue weighted by Crippen LogP contribution is -2.36. The number of nitrogens with one attached hydrogen (secondary N) is 1. The van der Waals surface area contributed by atoms with Crippen molar-refractivity contribution in [3.63, 3.8) is 0 Å². The maximum atomic E-state index is 13.8. The quantitative estimate of drug-likeness (QED) is 0.443. The van der Waals surface area contributed by atoms with E-state index in [1.807, 2.05) is 24.3 Å². The standard InChI is InChI=1S/C29H32ClNO6/c1-6-36-24-14-19(11-21(30)28(24)33)26-25(29(34)37-15(2)3)16(4)31-22-12-18(13-23(32)27(22)26)17-7-9-20(35-5)10-8-17/h7-11,14-15,18,26,31,33H,6,12-13H2,1-5H3/t18-,26+/m0/s1. The number of carbonyl (C=O) groups is 2. The zero-order valence-electron chi connectivity index (χ0n) is 21.7. The predicted octanol–water partition coefficient (Wildman–Crippen LogP) is 5.77. The molecule has 1 aliphatic heterocycles. The topological polar surface area (TPSA) is 94.1 Å². The van der Waals surface area contributed by atoms with Crippen LogP contribution in [-0.4, -0.2) is 36.7 Å². The number of Topliss-reactive ketones (excluding diaryl/α,β-unsaturated/α-hetero) is 1. The van der Waals surface area contributed by atoms with Crippen LogP contribution < -0.4 is 14.8 Å². The number of carbonyl (C=O) groups excluding carboxylic acids is 2. The van der Waals surface area contributed by atoms with E-state index in [9.17, 15) is 14.7 Å². The molecule has 0 amide bonds. The summed E-state index contributed by atoms with van der Waals surface area (Å²) in [5.41, 5.74) is 3.84. The monoisotopic (exact) mass is 525 g/mol. The second-order valence-corrected chi connectivity index (χ2v) is 9.93. The van der Waals surface area contributed by atoms with E-state index in [1.165, 1.54) is 0 Å². The molecule has 0 saturated carbocycles. The summed E-state index contributed by atoms with van der Waals surface area (Å²) >= 11 is 6.37. The normalized spacial score (nSPS) is 19.5. The zero-order chi connectivity index (χ0) is 26.9. The van der Waals surface area contributed by atoms with Crippen LogP contribution in [0.25, 0.3) is 0 Å². The minimum absolute atomic E-state index is 0.0235. The Balaban J connectivity index is 1.83. The highest BCUT2D eigenvalue weighted by atomic mass is 35.5. The largest absolute Gasteiger partial charge is 0.503 e. The third kappa shape index (κ3) is 5.32. The first-order valence-electron chi connectivity index (χ1n) is 12.4. The van der Waals surface area contributed by atoms with Crippen molar-refractivity contribution in [2.75, 3.05) is 13.7 Å². The maximum absolute atomic E-state index is 13.8. The van der Waals surface area contributed by atoms with Crippen LogP contribution >= 0.6 is 11.6 Å². The molecule has 0 unspecified atom stereocenters. The Morgan fingerprint density at radius 1 is 1.16 bits per heavy atom. The van der Waals surface area contributed by atoms with Gasteiger partial charge in [0.1, 0.15) is 5.75 Å². The van der Waals surface area contributed by atoms with Crippen molar-refractivity contribution in [2.45, 2.75) is 58.5 Å². The average molecular weight is 526 g/mol. The van der Waals surface area contributed by atoms with Crippen molar-refractivity contribution in [3.05, 3.63) is 75.1 Å². The molecular formula is C29H32ClNO6. The number of methoxy groups -OCH3 is 1. The Hall–Kier alpha value is -3.45. The summed E-state index contributed by atoms with van der Waals surface area (Å²) in [5.74, 6) is -0.555. The Kier molecular flexibility index (Phi) is 7.83. The molecule has 0 aromatic heterocycles. The molecule has 1 heterocycles. The van der Waals surface area contributed by atoms with Crippen molar-refractivity contribution >= 4 is 23.4 Å². The summed E-state index contributed by atoms with van der Waals surface area (Å²) < 4.78 is 16.4. The fourth-order valence-electron chi connectivity index (χ4n) is 5.06. The summed E-state index contributed by atoms with van der Waals surface area (Å²) in [7, 11) is 1.62. The van der Waals surface area contributed by atoms with E-state index < -0.39 is 11.9 Å². The third-order valence-corrected chi connectivity index (χ3v) is 6.95. The van der Waals surface area contributed by atoms with Gasteiger partial charge in [-0.1, -0.05) is 23.7 Å². The number of halogens is 1. The van der Waals surface area contributed by atoms with Crippen LogP contribution in [0.5, 0.6) is 17.2 Å². The predicted molar refractivity (Wildman–Crippen MR) is 141 cm³/mol. The molecule has 2 aromatic rings. The number of phenolic OH excluding ortho intramolecular Hbond substituents is 1. The highest BCUT2D eigenvalue weighted by Crippen LogP contribution is 2.48. The summed E-state index contributed by atoms with van der Waals surface area (Å²) in [5, 5.41) is 13.8. The van der Waals surface area contributed by atoms with Gasteiger partial charge in [0.2, 0.25) is 0 Å². The molecule has 0 bridgehead atoms. The van der Waals surface area contributed by atoms with Gasteiger partial charge in [-0.3, -0.25) is 4.79 Å². The number of esters is 1. The van der Waals surface area contributed by atoms with Crippen molar-refractivity contribution < 1.29 is 28.9 Å². The van der Waals surface area contributed by atoms with Gasteiger partial charge in [-0.2, -0.15) is 0 Å². The molecule has 2 aromatic carbocycles. The number of hydrogen-bond donors (Lipinski definition) is 2. The lowest BCUT2D eigenvalue weighted by Gasteiger charge is -2.37. The summed E-state index contributed by atoms with van der Waals surface area (Å²) in [6, 6.07) is 11.0. The SMILES string of the molecule is CCOc1cc([C@@H]2C(C(=O)OC(C)C)=C(C)NC3=C2C(=O)C[C@@H](c2ccc(OC)cc2)C3)cc(Cl)c1O. The third-order valence-electron chi connectivity index (χ3n) is 6.66. The van der Waals surface area contributed by atoms with Gasteiger partial charge in [0.05, 0.1) is 30.4 Å². The number of hydrogen-bond acceptors (Lipinski definition) is 7. The molecule has 196 valence electrons. The number of allylic oxidation sites excluding steroid dienone is 3. The first-order chi connectivity index (χ1) is 17.6. The Bertz CT molecular complexity index is 1280. The smallest absolute Gasteiger partial charge is 0.337 e. The van der Waals surface area contributed by atoms with Crippen LogP contribution in [0.1, 0.15) is 63.5 Å². The number of benzene rings is 2. The number of ketones is 1. The van der Waals surface area contributed by atoms with Crippen molar-refractivity contribution in [1.82, 2.24) is 5.32 Å². The molecule has 0 saturated heterocycles. The first-order valence-corrected chi connectivity index (χ1v) is 12.8. The van der Waals surface area contributed by atoms with E-state index in [0.29, 0.717) is 41.9 Å². The highest BCUT2D eigenvalue weighted by molar-refractivity contribution is 6.32. The Morgan fingerprint density at radius 2 is 1.86 bits per heavy atom. The van der Waals surface area contributed by atoms with E-state index in [1.54, 1.807) is 46.9 Å². The summed E-state index contributed by atoms with van der Waals surface area (Å²) in [6.45, 7) is 7.47. The Labute approximate surface area is 222 Å². The van der Waals surface area contributed by atoms with Crippen molar-refractivity contribution in [1.29, 1.82) is 0 Å². The fraction of sp³-hybridized carbons (Fsp3) is 0.379. The molecule has 37 heavy (non-hydrogen) atoms. The highest BCUT2D eigenvalue weighted by Gasteiger charge is 2.42. The van der Waals surface area contributed by atoms with E-state index in [2.05, 4.69) is 5.32 Å². The fourth-order valence-corrected chi connectivity index (χ4v) is 5.28. The lowest BCUT2D eigenvalue weighted by atomic mass is 9.71. The van der Waals surface area contributed by atoms with E-state index >= 15 is 0 Å². The van der Waals surface area contributed by atoms with Crippen LogP contribution in [0.3, 0.4) is 0 Å². The molecule has 2 N–H and O–H groups in total. The molecule has 7 nitrogen and oxygen atoms in total. The van der Waals surface area contributed by atoms with Gasteiger partial charge < -0.3 is 24.6 Å². The van der Waals surface area contributed by atoms with Crippen LogP contribution in [-0.2, 0) is 14.3 Å². The number of aromatic hydroxyl groups is 1. The maximum Gasteiger partial charge on any atom is 0.337 e. The second-order valence-electron chi connectivity index (χ2n) is 9.53. The molecule has 0 spiro atoms. The molecule has 1 aliphatic carbocycles. The molecule has 4 rings (SSSR count). The van der Waals surface area contributed by atoms with E-state index in [4.69, 9.17) is 25.8 Å². The van der Waals surface area contributed by atoms with E-state index in [-0.39, 0.29) is 34.3 Å². The molecule has 2 atom stereocenters. The van der Waals surface area contributed by atoms with Gasteiger partial charge >= 0.3 is 5.97 Å². The minimum Gasteiger partial charge on any atom is -0.503 e. The Morgan fingerprint density at radius 3 is 2.49 bits per heavy atom. The zero-order valence-corrected chi connectivity index (χ0v) is 22.4. The van der Waals surface area contributed by atoms with Crippen LogP contribution in [0.2, 0.25) is 5.02 Å². The van der Waals surface area contributed by atoms with Gasteiger partial charge in [0.25, 0.3) is 0 Å².